The van der Waals surface area contributed by atoms with Crippen LogP contribution in [0.4, 0.5) is 0 Å². The predicted octanol–water partition coefficient (Wildman–Crippen LogP) is 1.66. The van der Waals surface area contributed by atoms with Crippen molar-refractivity contribution in [2.75, 3.05) is 27.3 Å². The Morgan fingerprint density at radius 1 is 1.32 bits per heavy atom. The Morgan fingerprint density at radius 3 is 2.32 bits per heavy atom. The van der Waals surface area contributed by atoms with E-state index in [-0.39, 0.29) is 11.9 Å². The van der Waals surface area contributed by atoms with E-state index < -0.39 is 0 Å². The second-order valence-corrected chi connectivity index (χ2v) is 5.17. The van der Waals surface area contributed by atoms with Gasteiger partial charge in [0, 0.05) is 32.3 Å². The van der Waals surface area contributed by atoms with Crippen molar-refractivity contribution >= 4 is 5.91 Å². The van der Waals surface area contributed by atoms with Crippen molar-refractivity contribution in [1.82, 2.24) is 4.90 Å². The van der Waals surface area contributed by atoms with Crippen LogP contribution in [0.5, 0.6) is 0 Å². The third-order valence-electron chi connectivity index (χ3n) is 3.13. The van der Waals surface area contributed by atoms with Crippen LogP contribution >= 0.6 is 0 Å². The summed E-state index contributed by atoms with van der Waals surface area (Å²) in [4.78, 5) is 14.1. The molecule has 0 aromatic heterocycles. The molecule has 0 saturated heterocycles. The molecule has 0 bridgehead atoms. The minimum atomic E-state index is -0.162. The van der Waals surface area contributed by atoms with Gasteiger partial charge in [0.05, 0.1) is 6.61 Å². The average Bonchev–Trinajstić information content (AvgIpc) is 2.27. The zero-order valence-electron chi connectivity index (χ0n) is 12.5. The van der Waals surface area contributed by atoms with Crippen LogP contribution < -0.4 is 5.73 Å². The van der Waals surface area contributed by atoms with Crippen molar-refractivity contribution in [3.05, 3.63) is 34.4 Å². The summed E-state index contributed by atoms with van der Waals surface area (Å²) in [5, 5.41) is 0. The average molecular weight is 264 g/mol. The smallest absolute Gasteiger partial charge is 0.254 e. The first kappa shape index (κ1) is 15.7. The lowest BCUT2D eigenvalue weighted by Gasteiger charge is -2.23. The van der Waals surface area contributed by atoms with E-state index in [0.717, 1.165) is 16.7 Å². The molecule has 2 N–H and O–H groups in total. The van der Waals surface area contributed by atoms with Crippen LogP contribution in [0.15, 0.2) is 12.1 Å². The van der Waals surface area contributed by atoms with E-state index in [0.29, 0.717) is 13.2 Å². The highest BCUT2D eigenvalue weighted by Crippen LogP contribution is 2.18. The van der Waals surface area contributed by atoms with Crippen LogP contribution in [0.25, 0.3) is 0 Å². The molecule has 106 valence electrons. The van der Waals surface area contributed by atoms with Crippen molar-refractivity contribution in [3.8, 4) is 0 Å². The molecule has 4 heteroatoms. The van der Waals surface area contributed by atoms with E-state index in [9.17, 15) is 4.79 Å². The van der Waals surface area contributed by atoms with Crippen LogP contribution in [-0.4, -0.2) is 44.2 Å². The van der Waals surface area contributed by atoms with E-state index in [1.165, 1.54) is 5.56 Å². The molecule has 0 spiro atoms. The molecule has 1 aromatic carbocycles. The summed E-state index contributed by atoms with van der Waals surface area (Å²) in [6.45, 7) is 6.90. The minimum absolute atomic E-state index is 0.0153. The monoisotopic (exact) mass is 264 g/mol. The van der Waals surface area contributed by atoms with Crippen LogP contribution in [-0.2, 0) is 4.74 Å². The van der Waals surface area contributed by atoms with Gasteiger partial charge in [-0.15, -0.1) is 0 Å². The number of benzene rings is 1. The van der Waals surface area contributed by atoms with Gasteiger partial charge < -0.3 is 15.4 Å². The van der Waals surface area contributed by atoms with E-state index >= 15 is 0 Å². The fourth-order valence-corrected chi connectivity index (χ4v) is 2.41. The molecule has 0 saturated carbocycles. The fourth-order valence-electron chi connectivity index (χ4n) is 2.41. The van der Waals surface area contributed by atoms with Gasteiger partial charge in [0.15, 0.2) is 0 Å². The lowest BCUT2D eigenvalue weighted by Crippen LogP contribution is -2.41. The number of nitrogens with two attached hydrogens (primary N) is 1. The molecule has 0 heterocycles. The predicted molar refractivity (Wildman–Crippen MR) is 77.5 cm³/mol. The molecule has 0 aliphatic heterocycles. The number of methoxy groups -OCH3 is 1. The Labute approximate surface area is 115 Å². The Kier molecular flexibility index (Phi) is 5.51. The van der Waals surface area contributed by atoms with Gasteiger partial charge in [-0.3, -0.25) is 4.79 Å². The molecule has 1 amide bonds. The number of amides is 1. The van der Waals surface area contributed by atoms with Crippen molar-refractivity contribution in [1.29, 1.82) is 0 Å². The third-order valence-corrected chi connectivity index (χ3v) is 3.13. The van der Waals surface area contributed by atoms with Gasteiger partial charge in [-0.1, -0.05) is 17.7 Å². The second-order valence-electron chi connectivity index (χ2n) is 5.17. The largest absolute Gasteiger partial charge is 0.383 e. The molecule has 1 rings (SSSR count). The molecule has 0 aliphatic carbocycles. The molecule has 0 aliphatic rings. The second kappa shape index (κ2) is 6.68. The van der Waals surface area contributed by atoms with E-state index in [4.69, 9.17) is 10.5 Å². The van der Waals surface area contributed by atoms with Crippen molar-refractivity contribution < 1.29 is 9.53 Å². The molecular weight excluding hydrogens is 240 g/mol. The Morgan fingerprint density at radius 2 is 1.84 bits per heavy atom. The van der Waals surface area contributed by atoms with Gasteiger partial charge in [0.25, 0.3) is 5.91 Å². The molecular formula is C15H24N2O2. The Balaban J connectivity index is 2.88. The summed E-state index contributed by atoms with van der Waals surface area (Å²) < 4.78 is 4.99. The van der Waals surface area contributed by atoms with Gasteiger partial charge >= 0.3 is 0 Å². The molecule has 19 heavy (non-hydrogen) atoms. The third kappa shape index (κ3) is 4.04. The highest BCUT2D eigenvalue weighted by atomic mass is 16.5. The molecule has 0 fully saturated rings. The van der Waals surface area contributed by atoms with Gasteiger partial charge in [-0.2, -0.15) is 0 Å². The number of rotatable bonds is 5. The number of likely N-dealkylation sites (N-methyl/N-ethyl adjacent to an activating group) is 1. The summed E-state index contributed by atoms with van der Waals surface area (Å²) in [6, 6.07) is 3.90. The molecule has 4 nitrogen and oxygen atoms in total. The molecule has 1 unspecified atom stereocenters. The first-order chi connectivity index (χ1) is 8.86. The lowest BCUT2D eigenvalue weighted by atomic mass is 9.99. The fraction of sp³-hybridized carbons (Fsp3) is 0.533. The summed E-state index contributed by atoms with van der Waals surface area (Å²) in [7, 11) is 3.38. The number of aryl methyl sites for hydroxylation is 3. The first-order valence-electron chi connectivity index (χ1n) is 6.44. The zero-order chi connectivity index (χ0) is 14.6. The summed E-state index contributed by atoms with van der Waals surface area (Å²) in [6.07, 6.45) is 0. The number of carbonyl (C=O) groups excluding carboxylic acids is 1. The quantitative estimate of drug-likeness (QED) is 0.880. The van der Waals surface area contributed by atoms with Crippen molar-refractivity contribution in [2.45, 2.75) is 26.8 Å². The van der Waals surface area contributed by atoms with Crippen LogP contribution in [0.2, 0.25) is 0 Å². The number of carbonyl (C=O) groups is 1. The van der Waals surface area contributed by atoms with Crippen molar-refractivity contribution in [3.63, 3.8) is 0 Å². The molecule has 1 atom stereocenters. The number of ether oxygens (including phenoxy) is 1. The van der Waals surface area contributed by atoms with E-state index in [1.54, 1.807) is 19.1 Å². The highest BCUT2D eigenvalue weighted by Gasteiger charge is 2.18. The Bertz CT molecular complexity index is 434. The molecule has 0 radical (unpaired) electrons. The SMILES string of the molecule is COCC(N)CN(C)C(=O)c1c(C)cc(C)cc1C. The first-order valence-corrected chi connectivity index (χ1v) is 6.44. The molecule has 1 aromatic rings. The topological polar surface area (TPSA) is 55.6 Å². The van der Waals surface area contributed by atoms with Crippen LogP contribution in [0, 0.1) is 20.8 Å². The van der Waals surface area contributed by atoms with Crippen LogP contribution in [0.3, 0.4) is 0 Å². The van der Waals surface area contributed by atoms with E-state index in [2.05, 4.69) is 0 Å². The maximum Gasteiger partial charge on any atom is 0.254 e. The lowest BCUT2D eigenvalue weighted by molar-refractivity contribution is 0.0763. The maximum absolute atomic E-state index is 12.5. The van der Waals surface area contributed by atoms with Crippen LogP contribution in [0.1, 0.15) is 27.0 Å². The number of hydrogen-bond acceptors (Lipinski definition) is 3. The summed E-state index contributed by atoms with van der Waals surface area (Å²) in [5.41, 5.74) is 9.85. The Hall–Kier alpha value is -1.39. The summed E-state index contributed by atoms with van der Waals surface area (Å²) >= 11 is 0. The zero-order valence-corrected chi connectivity index (χ0v) is 12.5. The van der Waals surface area contributed by atoms with Crippen molar-refractivity contribution in [2.24, 2.45) is 5.73 Å². The summed E-state index contributed by atoms with van der Waals surface area (Å²) in [5.74, 6) is 0.0153. The van der Waals surface area contributed by atoms with Gasteiger partial charge in [0.1, 0.15) is 0 Å². The number of nitrogens with zero attached hydrogens (tertiary/aromatic N) is 1. The van der Waals surface area contributed by atoms with Gasteiger partial charge in [-0.05, 0) is 31.9 Å². The van der Waals surface area contributed by atoms with E-state index in [1.807, 2.05) is 32.9 Å². The van der Waals surface area contributed by atoms with Gasteiger partial charge in [-0.25, -0.2) is 0 Å². The normalized spacial score (nSPS) is 12.3. The standard InChI is InChI=1S/C15H24N2O2/c1-10-6-11(2)14(12(3)7-10)15(18)17(4)8-13(16)9-19-5/h6-7,13H,8-9,16H2,1-5H3. The minimum Gasteiger partial charge on any atom is -0.383 e. The maximum atomic E-state index is 12.5. The number of hydrogen-bond donors (Lipinski definition) is 1. The van der Waals surface area contributed by atoms with Gasteiger partial charge in [0.2, 0.25) is 0 Å². The highest BCUT2D eigenvalue weighted by molar-refractivity contribution is 5.97.